The summed E-state index contributed by atoms with van der Waals surface area (Å²) in [6.45, 7) is 2.76. The van der Waals surface area contributed by atoms with Crippen molar-refractivity contribution in [2.24, 2.45) is 0 Å². The van der Waals surface area contributed by atoms with Gasteiger partial charge in [-0.2, -0.15) is 0 Å². The van der Waals surface area contributed by atoms with Gasteiger partial charge < -0.3 is 15.3 Å². The summed E-state index contributed by atoms with van der Waals surface area (Å²) in [5.74, 6) is 0.924. The van der Waals surface area contributed by atoms with Crippen LogP contribution in [0.3, 0.4) is 0 Å². The number of hydrogen-bond acceptors (Lipinski definition) is 3. The number of nitrogens with zero attached hydrogens (tertiary/aromatic N) is 1. The molecule has 1 aliphatic rings. The first-order chi connectivity index (χ1) is 9.65. The number of thioether (sulfide) groups is 1. The second-order valence-electron chi connectivity index (χ2n) is 4.68. The predicted molar refractivity (Wildman–Crippen MR) is 83.7 cm³/mol. The number of anilines is 1. The highest BCUT2D eigenvalue weighted by Gasteiger charge is 2.28. The predicted octanol–water partition coefficient (Wildman–Crippen LogP) is 3.44. The van der Waals surface area contributed by atoms with Crippen molar-refractivity contribution in [1.29, 1.82) is 0 Å². The SMILES string of the molecule is CCSc1ccc(Cl)cc1NC(=O)N1CCC[C@H]1CO. The minimum absolute atomic E-state index is 0.0134. The molecule has 0 unspecified atom stereocenters. The average molecular weight is 315 g/mol. The molecule has 1 aromatic rings. The summed E-state index contributed by atoms with van der Waals surface area (Å²) in [6.07, 6.45) is 1.79. The van der Waals surface area contributed by atoms with Gasteiger partial charge in [-0.25, -0.2) is 4.79 Å². The third-order valence-corrected chi connectivity index (χ3v) is 4.52. The Kier molecular flexibility index (Phi) is 5.57. The molecule has 1 aromatic carbocycles. The Bertz CT molecular complexity index is 484. The zero-order valence-electron chi connectivity index (χ0n) is 11.4. The van der Waals surface area contributed by atoms with Crippen LogP contribution < -0.4 is 5.32 Å². The van der Waals surface area contributed by atoms with Gasteiger partial charge in [0.15, 0.2) is 0 Å². The molecular weight excluding hydrogens is 296 g/mol. The van der Waals surface area contributed by atoms with Gasteiger partial charge in [-0.05, 0) is 36.8 Å². The number of carbonyl (C=O) groups is 1. The molecule has 0 radical (unpaired) electrons. The standard InChI is InChI=1S/C14H19ClN2O2S/c1-2-20-13-6-5-10(15)8-12(13)16-14(19)17-7-3-4-11(17)9-18/h5-6,8,11,18H,2-4,7,9H2,1H3,(H,16,19)/t11-/m0/s1. The van der Waals surface area contributed by atoms with Gasteiger partial charge in [0.2, 0.25) is 0 Å². The summed E-state index contributed by atoms with van der Waals surface area (Å²) in [5, 5.41) is 12.8. The van der Waals surface area contributed by atoms with Crippen LogP contribution in [0, 0.1) is 0 Å². The van der Waals surface area contributed by atoms with Crippen LogP contribution in [0.5, 0.6) is 0 Å². The first-order valence-corrected chi connectivity index (χ1v) is 8.13. The number of carbonyl (C=O) groups excluding carboxylic acids is 1. The van der Waals surface area contributed by atoms with Crippen LogP contribution >= 0.6 is 23.4 Å². The number of rotatable bonds is 4. The Morgan fingerprint density at radius 1 is 1.60 bits per heavy atom. The Hall–Kier alpha value is -0.910. The number of aliphatic hydroxyl groups is 1. The fourth-order valence-corrected chi connectivity index (χ4v) is 3.27. The van der Waals surface area contributed by atoms with E-state index in [2.05, 4.69) is 12.2 Å². The summed E-state index contributed by atoms with van der Waals surface area (Å²) in [5.41, 5.74) is 0.734. The van der Waals surface area contributed by atoms with E-state index in [1.54, 1.807) is 22.7 Å². The van der Waals surface area contributed by atoms with Crippen LogP contribution in [0.25, 0.3) is 0 Å². The second kappa shape index (κ2) is 7.20. The molecule has 0 saturated carbocycles. The summed E-state index contributed by atoms with van der Waals surface area (Å²) in [4.78, 5) is 15.0. The van der Waals surface area contributed by atoms with Crippen molar-refractivity contribution in [3.8, 4) is 0 Å². The number of amides is 2. The third kappa shape index (κ3) is 3.59. The lowest BCUT2D eigenvalue weighted by molar-refractivity contribution is 0.166. The molecule has 20 heavy (non-hydrogen) atoms. The minimum atomic E-state index is -0.165. The van der Waals surface area contributed by atoms with Gasteiger partial charge in [-0.15, -0.1) is 11.8 Å². The number of halogens is 1. The molecule has 1 aliphatic heterocycles. The van der Waals surface area contributed by atoms with Crippen molar-refractivity contribution in [3.05, 3.63) is 23.2 Å². The van der Waals surface area contributed by atoms with Gasteiger partial charge in [0.05, 0.1) is 18.3 Å². The van der Waals surface area contributed by atoms with E-state index >= 15 is 0 Å². The molecule has 1 fully saturated rings. The quantitative estimate of drug-likeness (QED) is 0.837. The van der Waals surface area contributed by atoms with Crippen molar-refractivity contribution in [1.82, 2.24) is 4.90 Å². The molecule has 2 rings (SSSR count). The van der Waals surface area contributed by atoms with E-state index in [9.17, 15) is 9.90 Å². The van der Waals surface area contributed by atoms with Gasteiger partial charge in [-0.1, -0.05) is 18.5 Å². The van der Waals surface area contributed by atoms with Crippen LogP contribution in [0.2, 0.25) is 5.02 Å². The zero-order valence-corrected chi connectivity index (χ0v) is 13.0. The van der Waals surface area contributed by atoms with E-state index in [-0.39, 0.29) is 18.7 Å². The Morgan fingerprint density at radius 2 is 2.40 bits per heavy atom. The second-order valence-corrected chi connectivity index (χ2v) is 6.42. The number of aliphatic hydroxyl groups excluding tert-OH is 1. The van der Waals surface area contributed by atoms with E-state index in [1.807, 2.05) is 12.1 Å². The van der Waals surface area contributed by atoms with Gasteiger partial charge in [-0.3, -0.25) is 0 Å². The smallest absolute Gasteiger partial charge is 0.322 e. The molecule has 0 aromatic heterocycles. The van der Waals surface area contributed by atoms with E-state index in [4.69, 9.17) is 11.6 Å². The summed E-state index contributed by atoms with van der Waals surface area (Å²) in [7, 11) is 0. The maximum absolute atomic E-state index is 12.3. The monoisotopic (exact) mass is 314 g/mol. The van der Waals surface area contributed by atoms with Crippen molar-refractivity contribution in [3.63, 3.8) is 0 Å². The van der Waals surface area contributed by atoms with Gasteiger partial charge in [0.25, 0.3) is 0 Å². The molecule has 0 spiro atoms. The van der Waals surface area contributed by atoms with Gasteiger partial charge in [0.1, 0.15) is 0 Å². The first kappa shape index (κ1) is 15.5. The maximum atomic E-state index is 12.3. The molecular formula is C14H19ClN2O2S. The normalized spacial score (nSPS) is 18.4. The molecule has 4 nitrogen and oxygen atoms in total. The number of urea groups is 1. The number of nitrogens with one attached hydrogen (secondary N) is 1. The third-order valence-electron chi connectivity index (χ3n) is 3.33. The van der Waals surface area contributed by atoms with Crippen LogP contribution in [0.1, 0.15) is 19.8 Å². The van der Waals surface area contributed by atoms with E-state index in [0.717, 1.165) is 29.2 Å². The van der Waals surface area contributed by atoms with E-state index in [0.29, 0.717) is 11.6 Å². The van der Waals surface area contributed by atoms with Crippen molar-refractivity contribution < 1.29 is 9.90 Å². The topological polar surface area (TPSA) is 52.6 Å². The summed E-state index contributed by atoms with van der Waals surface area (Å²) in [6, 6.07) is 5.26. The van der Waals surface area contributed by atoms with E-state index < -0.39 is 0 Å². The van der Waals surface area contributed by atoms with E-state index in [1.165, 1.54) is 0 Å². The highest BCUT2D eigenvalue weighted by atomic mass is 35.5. The van der Waals surface area contributed by atoms with Crippen molar-refractivity contribution >= 4 is 35.1 Å². The fourth-order valence-electron chi connectivity index (χ4n) is 2.36. The Balaban J connectivity index is 2.12. The van der Waals surface area contributed by atoms with Crippen LogP contribution in [0.4, 0.5) is 10.5 Å². The lowest BCUT2D eigenvalue weighted by Crippen LogP contribution is -2.40. The molecule has 6 heteroatoms. The largest absolute Gasteiger partial charge is 0.394 e. The Labute approximate surface area is 128 Å². The van der Waals surface area contributed by atoms with Crippen LogP contribution in [-0.4, -0.2) is 41.0 Å². The highest BCUT2D eigenvalue weighted by Crippen LogP contribution is 2.30. The minimum Gasteiger partial charge on any atom is -0.394 e. The summed E-state index contributed by atoms with van der Waals surface area (Å²) >= 11 is 7.66. The van der Waals surface area contributed by atoms with Crippen molar-refractivity contribution in [2.45, 2.75) is 30.7 Å². The number of benzene rings is 1. The van der Waals surface area contributed by atoms with Gasteiger partial charge >= 0.3 is 6.03 Å². The van der Waals surface area contributed by atoms with Gasteiger partial charge in [0, 0.05) is 16.5 Å². The number of hydrogen-bond donors (Lipinski definition) is 2. The van der Waals surface area contributed by atoms with Crippen molar-refractivity contribution in [2.75, 3.05) is 24.2 Å². The molecule has 1 atom stereocenters. The highest BCUT2D eigenvalue weighted by molar-refractivity contribution is 7.99. The molecule has 2 N–H and O–H groups in total. The lowest BCUT2D eigenvalue weighted by atomic mass is 10.2. The maximum Gasteiger partial charge on any atom is 0.322 e. The summed E-state index contributed by atoms with van der Waals surface area (Å²) < 4.78 is 0. The number of likely N-dealkylation sites (tertiary alicyclic amines) is 1. The average Bonchev–Trinajstić information content (AvgIpc) is 2.90. The van der Waals surface area contributed by atoms with Crippen LogP contribution in [0.15, 0.2) is 23.1 Å². The molecule has 0 bridgehead atoms. The first-order valence-electron chi connectivity index (χ1n) is 6.76. The zero-order chi connectivity index (χ0) is 14.5. The molecule has 0 aliphatic carbocycles. The molecule has 1 saturated heterocycles. The molecule has 1 heterocycles. The lowest BCUT2D eigenvalue weighted by Gasteiger charge is -2.24. The van der Waals surface area contributed by atoms with Crippen LogP contribution in [-0.2, 0) is 0 Å². The fraction of sp³-hybridized carbons (Fsp3) is 0.500. The molecule has 2 amide bonds. The Morgan fingerprint density at radius 3 is 3.10 bits per heavy atom. The molecule has 110 valence electrons.